The van der Waals surface area contributed by atoms with Gasteiger partial charge in [-0.2, -0.15) is 0 Å². The van der Waals surface area contributed by atoms with Crippen LogP contribution in [0.25, 0.3) is 0 Å². The third-order valence-corrected chi connectivity index (χ3v) is 2.68. The Balaban J connectivity index is 2.56. The van der Waals surface area contributed by atoms with Gasteiger partial charge in [0.05, 0.1) is 6.54 Å². The highest BCUT2D eigenvalue weighted by Gasteiger charge is 2.11. The first-order valence-corrected chi connectivity index (χ1v) is 6.36. The van der Waals surface area contributed by atoms with Crippen molar-refractivity contribution in [2.75, 3.05) is 18.4 Å². The summed E-state index contributed by atoms with van der Waals surface area (Å²) in [5, 5.41) is 0.714. The minimum Gasteiger partial charge on any atom is -0.293 e. The van der Waals surface area contributed by atoms with Gasteiger partial charge in [-0.25, -0.2) is 8.78 Å². The maximum Gasteiger partial charge on any atom is 0.251 e. The number of nitrogens with zero attached hydrogens (tertiary/aromatic N) is 1. The molecule has 0 unspecified atom stereocenters. The summed E-state index contributed by atoms with van der Waals surface area (Å²) in [6.07, 6.45) is -2.27. The fourth-order valence-electron chi connectivity index (χ4n) is 1.50. The predicted molar refractivity (Wildman–Crippen MR) is 66.3 cm³/mol. The number of hydrogen-bond acceptors (Lipinski definition) is 1. The van der Waals surface area contributed by atoms with Crippen molar-refractivity contribution in [1.82, 2.24) is 4.90 Å². The largest absolute Gasteiger partial charge is 0.293 e. The molecule has 0 aliphatic heterocycles. The number of benzene rings is 1. The molecule has 0 aromatic heterocycles. The Morgan fingerprint density at radius 1 is 1.25 bits per heavy atom. The quantitative estimate of drug-likeness (QED) is 0.726. The van der Waals surface area contributed by atoms with Gasteiger partial charge >= 0.3 is 0 Å². The summed E-state index contributed by atoms with van der Waals surface area (Å²) in [7, 11) is 0. The maximum absolute atomic E-state index is 12.3. The molecule has 0 fully saturated rings. The summed E-state index contributed by atoms with van der Waals surface area (Å²) >= 11 is 3.28. The molecule has 0 bridgehead atoms. The Morgan fingerprint density at radius 3 is 2.38 bits per heavy atom. The third kappa shape index (κ3) is 5.03. The van der Waals surface area contributed by atoms with Gasteiger partial charge in [0, 0.05) is 18.4 Å². The lowest BCUT2D eigenvalue weighted by Gasteiger charge is -2.20. The molecule has 0 heterocycles. The average Bonchev–Trinajstić information content (AvgIpc) is 2.21. The molecule has 0 aliphatic rings. The van der Waals surface area contributed by atoms with Crippen molar-refractivity contribution in [1.29, 1.82) is 0 Å². The molecule has 0 atom stereocenters. The van der Waals surface area contributed by atoms with Gasteiger partial charge in [-0.15, -0.1) is 0 Å². The van der Waals surface area contributed by atoms with Crippen LogP contribution in [0, 0.1) is 6.92 Å². The molecular weight excluding hydrogens is 276 g/mol. The normalized spacial score (nSPS) is 11.4. The molecule has 0 spiro atoms. The van der Waals surface area contributed by atoms with Crippen molar-refractivity contribution in [3.05, 3.63) is 35.4 Å². The highest BCUT2D eigenvalue weighted by molar-refractivity contribution is 9.09. The van der Waals surface area contributed by atoms with Gasteiger partial charge in [0.1, 0.15) is 0 Å². The molecule has 0 radical (unpaired) electrons. The SMILES string of the molecule is Cc1ccc(CN(CCBr)CC(F)F)cc1. The maximum atomic E-state index is 12.3. The minimum absolute atomic E-state index is 0.167. The van der Waals surface area contributed by atoms with E-state index in [9.17, 15) is 8.78 Å². The second-order valence-corrected chi connectivity index (χ2v) is 4.59. The van der Waals surface area contributed by atoms with Crippen LogP contribution in [0.1, 0.15) is 11.1 Å². The third-order valence-electron chi connectivity index (χ3n) is 2.32. The monoisotopic (exact) mass is 291 g/mol. The van der Waals surface area contributed by atoms with Crippen molar-refractivity contribution >= 4 is 15.9 Å². The van der Waals surface area contributed by atoms with Crippen molar-refractivity contribution in [2.45, 2.75) is 19.9 Å². The molecule has 1 aromatic carbocycles. The van der Waals surface area contributed by atoms with Crippen molar-refractivity contribution in [3.63, 3.8) is 0 Å². The van der Waals surface area contributed by atoms with E-state index < -0.39 is 6.43 Å². The predicted octanol–water partition coefficient (Wildman–Crippen LogP) is 3.46. The van der Waals surface area contributed by atoms with Crippen LogP contribution in [0.4, 0.5) is 8.78 Å². The first-order chi connectivity index (χ1) is 7.61. The number of alkyl halides is 3. The zero-order valence-electron chi connectivity index (χ0n) is 9.30. The topological polar surface area (TPSA) is 3.24 Å². The summed E-state index contributed by atoms with van der Waals surface area (Å²) < 4.78 is 24.6. The highest BCUT2D eigenvalue weighted by atomic mass is 79.9. The Kier molecular flexibility index (Phi) is 5.91. The van der Waals surface area contributed by atoms with Crippen LogP contribution in [-0.4, -0.2) is 29.7 Å². The zero-order chi connectivity index (χ0) is 12.0. The minimum atomic E-state index is -2.27. The summed E-state index contributed by atoms with van der Waals surface area (Å²) in [5.41, 5.74) is 2.26. The van der Waals surface area contributed by atoms with Crippen LogP contribution in [0.2, 0.25) is 0 Å². The van der Waals surface area contributed by atoms with Crippen molar-refractivity contribution in [2.24, 2.45) is 0 Å². The van der Waals surface area contributed by atoms with E-state index in [1.165, 1.54) is 5.56 Å². The molecule has 0 N–H and O–H groups in total. The Bertz CT molecular complexity index is 300. The van der Waals surface area contributed by atoms with Gasteiger partial charge in [0.2, 0.25) is 0 Å². The molecule has 1 rings (SSSR count). The number of halogens is 3. The second kappa shape index (κ2) is 6.97. The Hall–Kier alpha value is -0.480. The summed E-state index contributed by atoms with van der Waals surface area (Å²) in [5.74, 6) is 0. The lowest BCUT2D eigenvalue weighted by atomic mass is 10.1. The smallest absolute Gasteiger partial charge is 0.251 e. The van der Waals surface area contributed by atoms with Gasteiger partial charge in [-0.1, -0.05) is 45.8 Å². The van der Waals surface area contributed by atoms with E-state index in [1.54, 1.807) is 4.90 Å². The fraction of sp³-hybridized carbons (Fsp3) is 0.500. The van der Waals surface area contributed by atoms with Gasteiger partial charge in [0.25, 0.3) is 6.43 Å². The van der Waals surface area contributed by atoms with Gasteiger partial charge in [-0.3, -0.25) is 4.90 Å². The van der Waals surface area contributed by atoms with Gasteiger partial charge in [0.15, 0.2) is 0 Å². The molecule has 0 saturated heterocycles. The first-order valence-electron chi connectivity index (χ1n) is 5.24. The lowest BCUT2D eigenvalue weighted by Crippen LogP contribution is -2.30. The van der Waals surface area contributed by atoms with Crippen LogP contribution < -0.4 is 0 Å². The van der Waals surface area contributed by atoms with Crippen LogP contribution in [-0.2, 0) is 6.54 Å². The molecule has 16 heavy (non-hydrogen) atoms. The first kappa shape index (κ1) is 13.6. The summed E-state index contributed by atoms with van der Waals surface area (Å²) in [6, 6.07) is 7.98. The fourth-order valence-corrected chi connectivity index (χ4v) is 2.00. The highest BCUT2D eigenvalue weighted by Crippen LogP contribution is 2.09. The van der Waals surface area contributed by atoms with Crippen LogP contribution in [0.5, 0.6) is 0 Å². The molecule has 1 nitrogen and oxygen atoms in total. The van der Waals surface area contributed by atoms with E-state index in [2.05, 4.69) is 15.9 Å². The van der Waals surface area contributed by atoms with Gasteiger partial charge < -0.3 is 0 Å². The standard InChI is InChI=1S/C12H16BrF2N/c1-10-2-4-11(5-3-10)8-16(7-6-13)9-12(14)15/h2-5,12H,6-9H2,1H3. The molecular formula is C12H16BrF2N. The summed E-state index contributed by atoms with van der Waals surface area (Å²) in [6.45, 7) is 3.06. The average molecular weight is 292 g/mol. The molecule has 90 valence electrons. The molecule has 0 saturated carbocycles. The van der Waals surface area contributed by atoms with E-state index in [1.807, 2.05) is 31.2 Å². The molecule has 0 amide bonds. The van der Waals surface area contributed by atoms with Crippen LogP contribution in [0.15, 0.2) is 24.3 Å². The Labute approximate surface area is 104 Å². The summed E-state index contributed by atoms with van der Waals surface area (Å²) in [4.78, 5) is 1.75. The van der Waals surface area contributed by atoms with Gasteiger partial charge in [-0.05, 0) is 12.5 Å². The van der Waals surface area contributed by atoms with E-state index >= 15 is 0 Å². The molecule has 4 heteroatoms. The molecule has 1 aromatic rings. The number of rotatable bonds is 6. The van der Waals surface area contributed by atoms with E-state index in [0.717, 1.165) is 5.56 Å². The zero-order valence-corrected chi connectivity index (χ0v) is 10.9. The molecule has 0 aliphatic carbocycles. The van der Waals surface area contributed by atoms with Crippen LogP contribution in [0.3, 0.4) is 0 Å². The second-order valence-electron chi connectivity index (χ2n) is 3.80. The van der Waals surface area contributed by atoms with E-state index in [-0.39, 0.29) is 6.54 Å². The van der Waals surface area contributed by atoms with Crippen molar-refractivity contribution in [3.8, 4) is 0 Å². The van der Waals surface area contributed by atoms with E-state index in [4.69, 9.17) is 0 Å². The number of hydrogen-bond donors (Lipinski definition) is 0. The Morgan fingerprint density at radius 2 is 1.88 bits per heavy atom. The van der Waals surface area contributed by atoms with E-state index in [0.29, 0.717) is 18.4 Å². The lowest BCUT2D eigenvalue weighted by molar-refractivity contribution is 0.0881. The van der Waals surface area contributed by atoms with Crippen molar-refractivity contribution < 1.29 is 8.78 Å². The number of aryl methyl sites for hydroxylation is 1. The van der Waals surface area contributed by atoms with Crippen LogP contribution >= 0.6 is 15.9 Å².